The standard InChI is InChI=1S/C9H13BrN4O2S/c10-7-6-8(11)13-9(12-7)14-2-1-4-17(15,16)5-3-14/h6H,1-5H2,(H2,11,12,13). The van der Waals surface area contributed by atoms with Gasteiger partial charge in [-0.2, -0.15) is 4.98 Å². The van der Waals surface area contributed by atoms with E-state index in [-0.39, 0.29) is 11.5 Å². The number of hydrogen-bond acceptors (Lipinski definition) is 6. The highest BCUT2D eigenvalue weighted by atomic mass is 79.9. The van der Waals surface area contributed by atoms with E-state index in [1.54, 1.807) is 6.07 Å². The molecule has 0 bridgehead atoms. The summed E-state index contributed by atoms with van der Waals surface area (Å²) in [6, 6.07) is 1.61. The third kappa shape index (κ3) is 3.29. The van der Waals surface area contributed by atoms with Crippen molar-refractivity contribution < 1.29 is 8.42 Å². The molecule has 2 rings (SSSR count). The van der Waals surface area contributed by atoms with Gasteiger partial charge in [0.15, 0.2) is 9.84 Å². The zero-order valence-corrected chi connectivity index (χ0v) is 11.5. The second-order valence-corrected chi connectivity index (χ2v) is 7.02. The van der Waals surface area contributed by atoms with Crippen molar-refractivity contribution in [2.45, 2.75) is 6.42 Å². The third-order valence-electron chi connectivity index (χ3n) is 2.54. The molecule has 6 nitrogen and oxygen atoms in total. The second-order valence-electron chi connectivity index (χ2n) is 3.91. The van der Waals surface area contributed by atoms with Gasteiger partial charge in [-0.1, -0.05) is 0 Å². The SMILES string of the molecule is Nc1cc(Br)nc(N2CCCS(=O)(=O)CC2)n1. The Bertz CT molecular complexity index is 499. The van der Waals surface area contributed by atoms with Crippen LogP contribution in [0.25, 0.3) is 0 Å². The molecule has 1 aliphatic heterocycles. The van der Waals surface area contributed by atoms with Crippen molar-refractivity contribution in [1.29, 1.82) is 0 Å². The van der Waals surface area contributed by atoms with Crippen LogP contribution in [0.4, 0.5) is 11.8 Å². The van der Waals surface area contributed by atoms with Gasteiger partial charge in [-0.15, -0.1) is 0 Å². The maximum absolute atomic E-state index is 11.5. The second kappa shape index (κ2) is 4.77. The van der Waals surface area contributed by atoms with Crippen LogP contribution in [0.15, 0.2) is 10.7 Å². The smallest absolute Gasteiger partial charge is 0.228 e. The van der Waals surface area contributed by atoms with Gasteiger partial charge in [-0.25, -0.2) is 13.4 Å². The van der Waals surface area contributed by atoms with Crippen LogP contribution in [-0.4, -0.2) is 43.0 Å². The van der Waals surface area contributed by atoms with Crippen molar-refractivity contribution in [2.24, 2.45) is 0 Å². The number of sulfone groups is 1. The number of nitrogens with two attached hydrogens (primary N) is 1. The average Bonchev–Trinajstić information content (AvgIpc) is 2.38. The van der Waals surface area contributed by atoms with E-state index in [9.17, 15) is 8.42 Å². The Morgan fingerprint density at radius 3 is 2.76 bits per heavy atom. The summed E-state index contributed by atoms with van der Waals surface area (Å²) in [4.78, 5) is 10.2. The van der Waals surface area contributed by atoms with Crippen molar-refractivity contribution >= 4 is 37.5 Å². The first kappa shape index (κ1) is 12.6. The fourth-order valence-corrected chi connectivity index (χ4v) is 3.37. The van der Waals surface area contributed by atoms with Crippen LogP contribution in [0, 0.1) is 0 Å². The predicted molar refractivity (Wildman–Crippen MR) is 69.6 cm³/mol. The molecule has 1 fully saturated rings. The lowest BCUT2D eigenvalue weighted by atomic mass is 10.4. The predicted octanol–water partition coefficient (Wildman–Crippen LogP) is 0.446. The lowest BCUT2D eigenvalue weighted by molar-refractivity contribution is 0.597. The minimum absolute atomic E-state index is 0.142. The van der Waals surface area contributed by atoms with Crippen LogP contribution in [0.1, 0.15) is 6.42 Å². The van der Waals surface area contributed by atoms with Crippen LogP contribution >= 0.6 is 15.9 Å². The summed E-state index contributed by atoms with van der Waals surface area (Å²) in [6.45, 7) is 1.05. The van der Waals surface area contributed by atoms with Crippen LogP contribution in [-0.2, 0) is 9.84 Å². The summed E-state index contributed by atoms with van der Waals surface area (Å²) < 4.78 is 23.6. The number of hydrogen-bond donors (Lipinski definition) is 1. The Morgan fingerprint density at radius 2 is 2.06 bits per heavy atom. The van der Waals surface area contributed by atoms with E-state index >= 15 is 0 Å². The Kier molecular flexibility index (Phi) is 3.53. The molecule has 0 saturated carbocycles. The lowest BCUT2D eigenvalue weighted by Crippen LogP contribution is -2.28. The molecule has 1 saturated heterocycles. The Balaban J connectivity index is 2.22. The molecule has 1 aromatic heterocycles. The number of anilines is 2. The molecule has 2 N–H and O–H groups in total. The molecule has 0 radical (unpaired) electrons. The van der Waals surface area contributed by atoms with Crippen LogP contribution < -0.4 is 10.6 Å². The first-order valence-corrected chi connectivity index (χ1v) is 7.83. The molecule has 0 spiro atoms. The first-order valence-electron chi connectivity index (χ1n) is 5.22. The van der Waals surface area contributed by atoms with Crippen molar-refractivity contribution in [2.75, 3.05) is 35.2 Å². The molecule has 1 aliphatic rings. The van der Waals surface area contributed by atoms with Crippen LogP contribution in [0.3, 0.4) is 0 Å². The Hall–Kier alpha value is -0.890. The molecule has 94 valence electrons. The first-order chi connectivity index (χ1) is 7.96. The summed E-state index contributed by atoms with van der Waals surface area (Å²) >= 11 is 3.25. The van der Waals surface area contributed by atoms with Crippen molar-refractivity contribution in [3.63, 3.8) is 0 Å². The lowest BCUT2D eigenvalue weighted by Gasteiger charge is -2.19. The Morgan fingerprint density at radius 1 is 1.29 bits per heavy atom. The monoisotopic (exact) mass is 320 g/mol. The van der Waals surface area contributed by atoms with E-state index in [0.717, 1.165) is 0 Å². The van der Waals surface area contributed by atoms with Gasteiger partial charge >= 0.3 is 0 Å². The van der Waals surface area contributed by atoms with Crippen LogP contribution in [0.5, 0.6) is 0 Å². The molecule has 2 heterocycles. The largest absolute Gasteiger partial charge is 0.383 e. The minimum atomic E-state index is -2.92. The van der Waals surface area contributed by atoms with E-state index in [1.807, 2.05) is 4.90 Å². The molecule has 0 amide bonds. The van der Waals surface area contributed by atoms with Gasteiger partial charge in [0.1, 0.15) is 10.4 Å². The molecule has 0 atom stereocenters. The molecular weight excluding hydrogens is 308 g/mol. The topological polar surface area (TPSA) is 89.2 Å². The maximum atomic E-state index is 11.5. The van der Waals surface area contributed by atoms with Gasteiger partial charge in [-0.3, -0.25) is 0 Å². The number of nitrogen functional groups attached to an aromatic ring is 1. The fraction of sp³-hybridized carbons (Fsp3) is 0.556. The summed E-state index contributed by atoms with van der Waals surface area (Å²) in [5.41, 5.74) is 5.63. The number of rotatable bonds is 1. The summed E-state index contributed by atoms with van der Waals surface area (Å²) in [5, 5.41) is 0. The molecule has 0 aliphatic carbocycles. The summed E-state index contributed by atoms with van der Waals surface area (Å²) in [5.74, 6) is 1.22. The maximum Gasteiger partial charge on any atom is 0.228 e. The van der Waals surface area contributed by atoms with Gasteiger partial charge in [0, 0.05) is 19.2 Å². The van der Waals surface area contributed by atoms with Crippen LogP contribution in [0.2, 0.25) is 0 Å². The van der Waals surface area contributed by atoms with Gasteiger partial charge in [0.05, 0.1) is 11.5 Å². The highest BCUT2D eigenvalue weighted by molar-refractivity contribution is 9.10. The third-order valence-corrected chi connectivity index (χ3v) is 4.66. The van der Waals surface area contributed by atoms with E-state index in [0.29, 0.717) is 35.9 Å². The molecule has 1 aromatic rings. The molecule has 8 heteroatoms. The fourth-order valence-electron chi connectivity index (χ4n) is 1.70. The van der Waals surface area contributed by atoms with Gasteiger partial charge in [0.25, 0.3) is 0 Å². The van der Waals surface area contributed by atoms with E-state index < -0.39 is 9.84 Å². The van der Waals surface area contributed by atoms with E-state index in [1.165, 1.54) is 0 Å². The number of halogens is 1. The highest BCUT2D eigenvalue weighted by Crippen LogP contribution is 2.17. The summed E-state index contributed by atoms with van der Waals surface area (Å²) in [7, 11) is -2.92. The average molecular weight is 321 g/mol. The molecule has 0 unspecified atom stereocenters. The quantitative estimate of drug-likeness (QED) is 0.755. The van der Waals surface area contributed by atoms with Gasteiger partial charge < -0.3 is 10.6 Å². The zero-order chi connectivity index (χ0) is 12.5. The number of nitrogens with zero attached hydrogens (tertiary/aromatic N) is 3. The van der Waals surface area contributed by atoms with Crippen molar-refractivity contribution in [3.8, 4) is 0 Å². The van der Waals surface area contributed by atoms with Crippen molar-refractivity contribution in [3.05, 3.63) is 10.7 Å². The highest BCUT2D eigenvalue weighted by Gasteiger charge is 2.21. The van der Waals surface area contributed by atoms with E-state index in [2.05, 4.69) is 25.9 Å². The normalized spacial score (nSPS) is 19.9. The van der Waals surface area contributed by atoms with Crippen molar-refractivity contribution in [1.82, 2.24) is 9.97 Å². The zero-order valence-electron chi connectivity index (χ0n) is 9.13. The van der Waals surface area contributed by atoms with Gasteiger partial charge in [0.2, 0.25) is 5.95 Å². The van der Waals surface area contributed by atoms with Gasteiger partial charge in [-0.05, 0) is 22.4 Å². The minimum Gasteiger partial charge on any atom is -0.383 e. The molecule has 17 heavy (non-hydrogen) atoms. The van der Waals surface area contributed by atoms with E-state index in [4.69, 9.17) is 5.73 Å². The summed E-state index contributed by atoms with van der Waals surface area (Å²) in [6.07, 6.45) is 0.595. The molecular formula is C9H13BrN4O2S. The Labute approximate surface area is 108 Å². The number of aromatic nitrogens is 2. The molecule has 0 aromatic carbocycles.